The monoisotopic (exact) mass is 212 g/mol. The van der Waals surface area contributed by atoms with Crippen LogP contribution in [0.3, 0.4) is 0 Å². The number of likely N-dealkylation sites (tertiary alicyclic amines) is 1. The summed E-state index contributed by atoms with van der Waals surface area (Å²) in [6.45, 7) is 11.9. The van der Waals surface area contributed by atoms with Gasteiger partial charge in [0.2, 0.25) is 0 Å². The number of nitrogens with one attached hydrogen (secondary N) is 1. The third-order valence-corrected chi connectivity index (χ3v) is 3.40. The van der Waals surface area contributed by atoms with E-state index in [1.165, 1.54) is 51.9 Å². The fourth-order valence-corrected chi connectivity index (χ4v) is 2.49. The summed E-state index contributed by atoms with van der Waals surface area (Å²) in [4.78, 5) is 2.69. The lowest BCUT2D eigenvalue weighted by atomic mass is 10.1. The van der Waals surface area contributed by atoms with Gasteiger partial charge in [-0.1, -0.05) is 27.2 Å². The second-order valence-corrected chi connectivity index (χ2v) is 5.04. The normalized spacial score (nSPS) is 24.6. The van der Waals surface area contributed by atoms with Crippen molar-refractivity contribution in [1.29, 1.82) is 0 Å². The molecule has 0 aromatic rings. The van der Waals surface area contributed by atoms with Crippen molar-refractivity contribution in [3.63, 3.8) is 0 Å². The summed E-state index contributed by atoms with van der Waals surface area (Å²) < 4.78 is 0. The Bertz CT molecular complexity index is 159. The van der Waals surface area contributed by atoms with E-state index in [1.54, 1.807) is 0 Å². The van der Waals surface area contributed by atoms with Gasteiger partial charge in [0.25, 0.3) is 0 Å². The molecule has 2 atom stereocenters. The van der Waals surface area contributed by atoms with E-state index in [4.69, 9.17) is 0 Å². The zero-order valence-electron chi connectivity index (χ0n) is 10.8. The van der Waals surface area contributed by atoms with Gasteiger partial charge in [-0.15, -0.1) is 0 Å². The molecule has 2 unspecified atom stereocenters. The van der Waals surface area contributed by atoms with E-state index in [1.807, 2.05) is 0 Å². The van der Waals surface area contributed by atoms with Crippen LogP contribution < -0.4 is 5.32 Å². The van der Waals surface area contributed by atoms with Crippen molar-refractivity contribution in [3.05, 3.63) is 0 Å². The van der Waals surface area contributed by atoms with Crippen LogP contribution in [0.15, 0.2) is 0 Å². The summed E-state index contributed by atoms with van der Waals surface area (Å²) in [5, 5.41) is 3.57. The summed E-state index contributed by atoms with van der Waals surface area (Å²) in [6.07, 6.45) is 5.30. The first-order chi connectivity index (χ1) is 7.27. The Morgan fingerprint density at radius 2 is 2.13 bits per heavy atom. The van der Waals surface area contributed by atoms with Crippen LogP contribution in [0.1, 0.15) is 46.5 Å². The summed E-state index contributed by atoms with van der Waals surface area (Å²) in [5.41, 5.74) is 0. The maximum Gasteiger partial charge on any atom is 0.0220 e. The minimum absolute atomic E-state index is 0.784. The van der Waals surface area contributed by atoms with Gasteiger partial charge < -0.3 is 5.32 Å². The molecule has 15 heavy (non-hydrogen) atoms. The van der Waals surface area contributed by atoms with Gasteiger partial charge in [-0.3, -0.25) is 4.90 Å². The molecular weight excluding hydrogens is 184 g/mol. The summed E-state index contributed by atoms with van der Waals surface area (Å²) >= 11 is 0. The highest BCUT2D eigenvalue weighted by Crippen LogP contribution is 2.19. The quantitative estimate of drug-likeness (QED) is 0.652. The van der Waals surface area contributed by atoms with Crippen molar-refractivity contribution in [2.75, 3.05) is 26.2 Å². The van der Waals surface area contributed by atoms with Gasteiger partial charge in [0.1, 0.15) is 0 Å². The van der Waals surface area contributed by atoms with Crippen LogP contribution in [0.25, 0.3) is 0 Å². The van der Waals surface area contributed by atoms with Gasteiger partial charge in [-0.05, 0) is 38.3 Å². The second-order valence-electron chi connectivity index (χ2n) is 5.04. The minimum Gasteiger partial charge on any atom is -0.315 e. The van der Waals surface area contributed by atoms with E-state index in [2.05, 4.69) is 31.0 Å². The Morgan fingerprint density at radius 1 is 1.33 bits per heavy atom. The Kier molecular flexibility index (Phi) is 6.26. The summed E-state index contributed by atoms with van der Waals surface area (Å²) in [5.74, 6) is 0.913. The third-order valence-electron chi connectivity index (χ3n) is 3.40. The topological polar surface area (TPSA) is 15.3 Å². The smallest absolute Gasteiger partial charge is 0.0220 e. The van der Waals surface area contributed by atoms with E-state index in [0.29, 0.717) is 0 Å². The third kappa shape index (κ3) is 4.52. The van der Waals surface area contributed by atoms with Crippen LogP contribution >= 0.6 is 0 Å². The second kappa shape index (κ2) is 7.24. The van der Waals surface area contributed by atoms with Crippen LogP contribution in [0.5, 0.6) is 0 Å². The maximum atomic E-state index is 3.57. The van der Waals surface area contributed by atoms with Crippen LogP contribution in [0, 0.1) is 5.92 Å². The highest BCUT2D eigenvalue weighted by molar-refractivity contribution is 4.80. The van der Waals surface area contributed by atoms with Gasteiger partial charge in [0.05, 0.1) is 0 Å². The van der Waals surface area contributed by atoms with Crippen molar-refractivity contribution in [3.8, 4) is 0 Å². The Morgan fingerprint density at radius 3 is 2.67 bits per heavy atom. The molecule has 2 heteroatoms. The first-order valence-electron chi connectivity index (χ1n) is 6.72. The lowest BCUT2D eigenvalue weighted by Gasteiger charge is -2.27. The summed E-state index contributed by atoms with van der Waals surface area (Å²) in [6, 6.07) is 0.784. The lowest BCUT2D eigenvalue weighted by molar-refractivity contribution is 0.217. The van der Waals surface area contributed by atoms with Crippen LogP contribution in [0.2, 0.25) is 0 Å². The number of hydrogen-bond acceptors (Lipinski definition) is 2. The average molecular weight is 212 g/mol. The standard InChI is InChI=1S/C13H28N2/c1-4-6-13(10-14-8-5-2)15-9-7-12(3)11-15/h12-14H,4-11H2,1-3H3. The molecule has 0 bridgehead atoms. The van der Waals surface area contributed by atoms with E-state index in [0.717, 1.165) is 12.0 Å². The van der Waals surface area contributed by atoms with Gasteiger partial charge in [0, 0.05) is 19.1 Å². The Labute approximate surface area is 95.4 Å². The molecule has 0 aromatic carbocycles. The average Bonchev–Trinajstić information content (AvgIpc) is 2.64. The van der Waals surface area contributed by atoms with Crippen molar-refractivity contribution in [1.82, 2.24) is 10.2 Å². The van der Waals surface area contributed by atoms with E-state index < -0.39 is 0 Å². The largest absolute Gasteiger partial charge is 0.315 e. The maximum absolute atomic E-state index is 3.57. The Hall–Kier alpha value is -0.0800. The molecule has 0 spiro atoms. The van der Waals surface area contributed by atoms with Crippen molar-refractivity contribution >= 4 is 0 Å². The predicted octanol–water partition coefficient (Wildman–Crippen LogP) is 2.50. The molecule has 1 aliphatic heterocycles. The molecular formula is C13H28N2. The number of hydrogen-bond donors (Lipinski definition) is 1. The molecule has 90 valence electrons. The SMILES string of the molecule is CCCNCC(CCC)N1CCC(C)C1. The summed E-state index contributed by atoms with van der Waals surface area (Å²) in [7, 11) is 0. The van der Waals surface area contributed by atoms with Gasteiger partial charge in [0.15, 0.2) is 0 Å². The lowest BCUT2D eigenvalue weighted by Crippen LogP contribution is -2.41. The molecule has 0 radical (unpaired) electrons. The van der Waals surface area contributed by atoms with Crippen molar-refractivity contribution in [2.45, 2.75) is 52.5 Å². The molecule has 2 nitrogen and oxygen atoms in total. The van der Waals surface area contributed by atoms with E-state index in [9.17, 15) is 0 Å². The zero-order valence-corrected chi connectivity index (χ0v) is 10.8. The van der Waals surface area contributed by atoms with Gasteiger partial charge in [-0.25, -0.2) is 0 Å². The van der Waals surface area contributed by atoms with Crippen molar-refractivity contribution in [2.24, 2.45) is 5.92 Å². The molecule has 1 heterocycles. The molecule has 1 rings (SSSR count). The van der Waals surface area contributed by atoms with Crippen LogP contribution in [0.4, 0.5) is 0 Å². The first kappa shape index (κ1) is 13.0. The van der Waals surface area contributed by atoms with Crippen LogP contribution in [-0.4, -0.2) is 37.1 Å². The fraction of sp³-hybridized carbons (Fsp3) is 1.00. The van der Waals surface area contributed by atoms with E-state index in [-0.39, 0.29) is 0 Å². The Balaban J connectivity index is 2.28. The van der Waals surface area contributed by atoms with Crippen LogP contribution in [-0.2, 0) is 0 Å². The predicted molar refractivity (Wildman–Crippen MR) is 67.2 cm³/mol. The van der Waals surface area contributed by atoms with Gasteiger partial charge in [-0.2, -0.15) is 0 Å². The molecule has 0 amide bonds. The van der Waals surface area contributed by atoms with Gasteiger partial charge >= 0.3 is 0 Å². The molecule has 1 N–H and O–H groups in total. The zero-order chi connectivity index (χ0) is 11.1. The van der Waals surface area contributed by atoms with E-state index >= 15 is 0 Å². The molecule has 1 fully saturated rings. The fourth-order valence-electron chi connectivity index (χ4n) is 2.49. The molecule has 1 saturated heterocycles. The highest BCUT2D eigenvalue weighted by Gasteiger charge is 2.24. The number of nitrogens with zero attached hydrogens (tertiary/aromatic N) is 1. The highest BCUT2D eigenvalue weighted by atomic mass is 15.2. The molecule has 0 aromatic heterocycles. The molecule has 0 saturated carbocycles. The minimum atomic E-state index is 0.784. The molecule has 0 aliphatic carbocycles. The van der Waals surface area contributed by atoms with Crippen molar-refractivity contribution < 1.29 is 0 Å². The number of rotatable bonds is 7. The first-order valence-corrected chi connectivity index (χ1v) is 6.72. The molecule has 1 aliphatic rings.